The fourth-order valence-electron chi connectivity index (χ4n) is 2.47. The number of carbonyl (C=O) groups excluding carboxylic acids is 1. The number of aromatic nitrogens is 2. The first-order chi connectivity index (χ1) is 8.98. The monoisotopic (exact) mass is 267 g/mol. The van der Waals surface area contributed by atoms with Gasteiger partial charge in [-0.15, -0.1) is 0 Å². The Labute approximate surface area is 109 Å². The molecule has 1 aromatic heterocycles. The van der Waals surface area contributed by atoms with Crippen LogP contribution in [0.1, 0.15) is 36.7 Å². The van der Waals surface area contributed by atoms with E-state index in [0.717, 1.165) is 0 Å². The van der Waals surface area contributed by atoms with E-state index in [1.54, 1.807) is 4.90 Å². The fraction of sp³-hybridized carbons (Fsp3) is 0.583. The number of piperidine rings is 1. The van der Waals surface area contributed by atoms with Gasteiger partial charge in [0.2, 0.25) is 0 Å². The van der Waals surface area contributed by atoms with Gasteiger partial charge in [0.25, 0.3) is 5.91 Å². The summed E-state index contributed by atoms with van der Waals surface area (Å²) < 4.78 is 0. The summed E-state index contributed by atoms with van der Waals surface area (Å²) in [6, 6.07) is 0. The van der Waals surface area contributed by atoms with Gasteiger partial charge in [-0.1, -0.05) is 6.92 Å². The van der Waals surface area contributed by atoms with Gasteiger partial charge in [-0.05, 0) is 19.3 Å². The van der Waals surface area contributed by atoms with Crippen LogP contribution in [0.15, 0.2) is 11.0 Å². The van der Waals surface area contributed by atoms with Crippen LogP contribution in [0.4, 0.5) is 0 Å². The molecule has 1 saturated heterocycles. The number of carboxylic acids is 1. The van der Waals surface area contributed by atoms with Crippen molar-refractivity contribution in [3.8, 4) is 0 Å². The molecule has 104 valence electrons. The normalized spacial score (nSPS) is 18.3. The number of likely N-dealkylation sites (tertiary alicyclic amines) is 1. The molecule has 0 bridgehead atoms. The minimum atomic E-state index is -0.794. The second-order valence-corrected chi connectivity index (χ2v) is 4.89. The Hall–Kier alpha value is -2.05. The molecule has 1 aliphatic heterocycles. The van der Waals surface area contributed by atoms with Crippen molar-refractivity contribution in [3.05, 3.63) is 22.4 Å². The second-order valence-electron chi connectivity index (χ2n) is 4.89. The van der Waals surface area contributed by atoms with Crippen molar-refractivity contribution in [2.45, 2.75) is 26.2 Å². The number of H-pyrrole nitrogens is 2. The molecule has 0 aromatic carbocycles. The molecule has 2 heterocycles. The lowest BCUT2D eigenvalue weighted by molar-refractivity contribution is -0.152. The van der Waals surface area contributed by atoms with Crippen molar-refractivity contribution in [1.29, 1.82) is 0 Å². The topological polar surface area (TPSA) is 106 Å². The first-order valence-corrected chi connectivity index (χ1v) is 6.29. The predicted molar refractivity (Wildman–Crippen MR) is 66.9 cm³/mol. The van der Waals surface area contributed by atoms with Gasteiger partial charge in [0, 0.05) is 19.3 Å². The zero-order valence-corrected chi connectivity index (χ0v) is 10.7. The maximum atomic E-state index is 12.1. The molecule has 0 unspecified atom stereocenters. The Balaban J connectivity index is 2.06. The highest BCUT2D eigenvalue weighted by Crippen LogP contribution is 2.35. The van der Waals surface area contributed by atoms with Crippen molar-refractivity contribution < 1.29 is 14.7 Å². The second kappa shape index (κ2) is 4.91. The quantitative estimate of drug-likeness (QED) is 0.737. The van der Waals surface area contributed by atoms with Gasteiger partial charge in [-0.25, -0.2) is 4.79 Å². The molecule has 1 amide bonds. The third-order valence-corrected chi connectivity index (χ3v) is 3.96. The predicted octanol–water partition coefficient (Wildman–Crippen LogP) is 0.420. The molecular weight excluding hydrogens is 250 g/mol. The molecule has 7 heteroatoms. The average Bonchev–Trinajstić information content (AvgIpc) is 2.84. The standard InChI is InChI=1S/C12H17N3O4/c1-2-12(10(17)18)3-5-15(6-4-12)9(16)8-7-13-11(19)14-8/h7H,2-6H2,1H3,(H,17,18)(H2,13,14,19). The van der Waals surface area contributed by atoms with E-state index in [-0.39, 0.29) is 11.6 Å². The number of aliphatic carboxylic acids is 1. The summed E-state index contributed by atoms with van der Waals surface area (Å²) in [6.07, 6.45) is 2.79. The van der Waals surface area contributed by atoms with E-state index in [4.69, 9.17) is 0 Å². The van der Waals surface area contributed by atoms with Gasteiger partial charge in [-0.3, -0.25) is 9.59 Å². The molecule has 0 aliphatic carbocycles. The Bertz CT molecular complexity index is 537. The minimum Gasteiger partial charge on any atom is -0.481 e. The number of hydrogen-bond acceptors (Lipinski definition) is 3. The van der Waals surface area contributed by atoms with Crippen LogP contribution in [-0.4, -0.2) is 44.9 Å². The summed E-state index contributed by atoms with van der Waals surface area (Å²) in [7, 11) is 0. The molecule has 0 radical (unpaired) electrons. The number of carbonyl (C=O) groups is 2. The van der Waals surface area contributed by atoms with E-state index in [1.165, 1.54) is 6.20 Å². The van der Waals surface area contributed by atoms with Crippen LogP contribution in [0, 0.1) is 5.41 Å². The number of nitrogens with zero attached hydrogens (tertiary/aromatic N) is 1. The lowest BCUT2D eigenvalue weighted by Gasteiger charge is -2.38. The van der Waals surface area contributed by atoms with Gasteiger partial charge >= 0.3 is 11.7 Å². The number of aromatic amines is 2. The van der Waals surface area contributed by atoms with Crippen molar-refractivity contribution in [3.63, 3.8) is 0 Å². The number of rotatable bonds is 3. The summed E-state index contributed by atoms with van der Waals surface area (Å²) in [5.74, 6) is -1.06. The number of amides is 1. The van der Waals surface area contributed by atoms with E-state index in [9.17, 15) is 19.5 Å². The third-order valence-electron chi connectivity index (χ3n) is 3.96. The molecule has 3 N–H and O–H groups in total. The van der Waals surface area contributed by atoms with E-state index in [1.807, 2.05) is 6.92 Å². The number of hydrogen-bond donors (Lipinski definition) is 3. The van der Waals surface area contributed by atoms with E-state index >= 15 is 0 Å². The first kappa shape index (κ1) is 13.4. The van der Waals surface area contributed by atoms with Gasteiger partial charge in [0.1, 0.15) is 5.69 Å². The Morgan fingerprint density at radius 3 is 2.47 bits per heavy atom. The first-order valence-electron chi connectivity index (χ1n) is 6.29. The summed E-state index contributed by atoms with van der Waals surface area (Å²) in [5, 5.41) is 9.28. The van der Waals surface area contributed by atoms with Crippen LogP contribution in [-0.2, 0) is 4.79 Å². The average molecular weight is 267 g/mol. The maximum absolute atomic E-state index is 12.1. The van der Waals surface area contributed by atoms with Crippen molar-refractivity contribution >= 4 is 11.9 Å². The molecule has 1 fully saturated rings. The van der Waals surface area contributed by atoms with E-state index < -0.39 is 17.1 Å². The smallest absolute Gasteiger partial charge is 0.323 e. The molecule has 0 atom stereocenters. The van der Waals surface area contributed by atoms with Gasteiger partial charge in [0.15, 0.2) is 0 Å². The summed E-state index contributed by atoms with van der Waals surface area (Å²) in [5.41, 5.74) is -0.930. The van der Waals surface area contributed by atoms with Crippen molar-refractivity contribution in [2.75, 3.05) is 13.1 Å². The molecule has 19 heavy (non-hydrogen) atoms. The van der Waals surface area contributed by atoms with Crippen LogP contribution in [0.25, 0.3) is 0 Å². The SMILES string of the molecule is CCC1(C(=O)O)CCN(C(=O)c2c[nH]c(=O)[nH]2)CC1. The fourth-order valence-corrected chi connectivity index (χ4v) is 2.47. The molecule has 7 nitrogen and oxygen atoms in total. The number of imidazole rings is 1. The summed E-state index contributed by atoms with van der Waals surface area (Å²) in [6.45, 7) is 2.65. The van der Waals surface area contributed by atoms with Crippen LogP contribution in [0.3, 0.4) is 0 Å². The van der Waals surface area contributed by atoms with Crippen molar-refractivity contribution in [2.24, 2.45) is 5.41 Å². The Kier molecular flexibility index (Phi) is 3.46. The maximum Gasteiger partial charge on any atom is 0.323 e. The molecular formula is C12H17N3O4. The zero-order valence-electron chi connectivity index (χ0n) is 10.7. The van der Waals surface area contributed by atoms with E-state index in [0.29, 0.717) is 32.4 Å². The Morgan fingerprint density at radius 1 is 1.42 bits per heavy atom. The molecule has 1 aromatic rings. The highest BCUT2D eigenvalue weighted by Gasteiger charge is 2.41. The summed E-state index contributed by atoms with van der Waals surface area (Å²) >= 11 is 0. The number of carboxylic acid groups (broad SMARTS) is 1. The summed E-state index contributed by atoms with van der Waals surface area (Å²) in [4.78, 5) is 40.7. The highest BCUT2D eigenvalue weighted by molar-refractivity contribution is 5.92. The van der Waals surface area contributed by atoms with Crippen molar-refractivity contribution in [1.82, 2.24) is 14.9 Å². The molecule has 1 aliphatic rings. The van der Waals surface area contributed by atoms with Crippen LogP contribution >= 0.6 is 0 Å². The molecule has 0 spiro atoms. The molecule has 0 saturated carbocycles. The lowest BCUT2D eigenvalue weighted by Crippen LogP contribution is -2.46. The van der Waals surface area contributed by atoms with Gasteiger partial charge in [-0.2, -0.15) is 0 Å². The minimum absolute atomic E-state index is 0.212. The number of nitrogens with one attached hydrogen (secondary N) is 2. The van der Waals surface area contributed by atoms with Crippen LogP contribution < -0.4 is 5.69 Å². The van der Waals surface area contributed by atoms with Crippen LogP contribution in [0.5, 0.6) is 0 Å². The largest absolute Gasteiger partial charge is 0.481 e. The Morgan fingerprint density at radius 2 is 2.05 bits per heavy atom. The lowest BCUT2D eigenvalue weighted by atomic mass is 9.76. The van der Waals surface area contributed by atoms with Gasteiger partial charge < -0.3 is 20.0 Å². The third kappa shape index (κ3) is 2.40. The molecule has 2 rings (SSSR count). The highest BCUT2D eigenvalue weighted by atomic mass is 16.4. The zero-order chi connectivity index (χ0) is 14.0. The van der Waals surface area contributed by atoms with Crippen LogP contribution in [0.2, 0.25) is 0 Å². The van der Waals surface area contributed by atoms with Gasteiger partial charge in [0.05, 0.1) is 5.41 Å². The van der Waals surface area contributed by atoms with E-state index in [2.05, 4.69) is 9.97 Å².